The highest BCUT2D eigenvalue weighted by Gasteiger charge is 2.38. The smallest absolute Gasteiger partial charge is 0.416 e. The molecule has 0 bridgehead atoms. The molecule has 1 atom stereocenters. The van der Waals surface area contributed by atoms with Crippen molar-refractivity contribution in [2.24, 2.45) is 5.92 Å². The summed E-state index contributed by atoms with van der Waals surface area (Å²) in [6.45, 7) is 6.35. The second-order valence-electron chi connectivity index (χ2n) is 4.26. The number of amides is 2. The molecular formula is C11H19NO3. The van der Waals surface area contributed by atoms with Crippen LogP contribution in [0.25, 0.3) is 0 Å². The van der Waals surface area contributed by atoms with Crippen LogP contribution in [0.4, 0.5) is 4.79 Å². The number of nitrogens with zero attached hydrogens (tertiary/aromatic N) is 1. The summed E-state index contributed by atoms with van der Waals surface area (Å²) in [5, 5.41) is 0. The molecule has 0 aromatic rings. The molecule has 1 rings (SSSR count). The summed E-state index contributed by atoms with van der Waals surface area (Å²) >= 11 is 0. The van der Waals surface area contributed by atoms with Gasteiger partial charge in [-0.1, -0.05) is 27.2 Å². The van der Waals surface area contributed by atoms with E-state index in [2.05, 4.69) is 0 Å². The van der Waals surface area contributed by atoms with Crippen molar-refractivity contribution in [3.63, 3.8) is 0 Å². The number of ether oxygens (including phenoxy) is 1. The minimum Gasteiger partial charge on any atom is -0.447 e. The van der Waals surface area contributed by atoms with Gasteiger partial charge in [0.2, 0.25) is 5.91 Å². The molecule has 86 valence electrons. The van der Waals surface area contributed by atoms with Crippen LogP contribution in [0.3, 0.4) is 0 Å². The van der Waals surface area contributed by atoms with E-state index in [4.69, 9.17) is 4.74 Å². The van der Waals surface area contributed by atoms with Gasteiger partial charge in [0.1, 0.15) is 6.61 Å². The highest BCUT2D eigenvalue weighted by atomic mass is 16.6. The molecule has 0 N–H and O–H groups in total. The van der Waals surface area contributed by atoms with Gasteiger partial charge in [-0.15, -0.1) is 0 Å². The quantitative estimate of drug-likeness (QED) is 0.719. The molecular weight excluding hydrogens is 194 g/mol. The zero-order valence-electron chi connectivity index (χ0n) is 9.66. The molecule has 4 heteroatoms. The number of hydrogen-bond acceptors (Lipinski definition) is 3. The van der Waals surface area contributed by atoms with E-state index in [1.165, 1.54) is 4.90 Å². The topological polar surface area (TPSA) is 46.6 Å². The minimum absolute atomic E-state index is 0.0816. The third-order valence-corrected chi connectivity index (χ3v) is 2.69. The van der Waals surface area contributed by atoms with Crippen LogP contribution >= 0.6 is 0 Å². The van der Waals surface area contributed by atoms with Crippen LogP contribution in [0.1, 0.15) is 40.0 Å². The van der Waals surface area contributed by atoms with Gasteiger partial charge in [-0.25, -0.2) is 9.69 Å². The average Bonchev–Trinajstić information content (AvgIpc) is 2.56. The molecule has 0 aromatic carbocycles. The Morgan fingerprint density at radius 1 is 1.60 bits per heavy atom. The van der Waals surface area contributed by atoms with Gasteiger partial charge in [0.15, 0.2) is 0 Å². The lowest BCUT2D eigenvalue weighted by molar-refractivity contribution is -0.129. The first-order valence-electron chi connectivity index (χ1n) is 5.56. The van der Waals surface area contributed by atoms with Gasteiger partial charge >= 0.3 is 6.09 Å². The first kappa shape index (κ1) is 12.0. The number of hydrogen-bond donors (Lipinski definition) is 0. The van der Waals surface area contributed by atoms with E-state index in [0.717, 1.165) is 12.8 Å². The Balaban J connectivity index is 2.63. The molecule has 0 aromatic heterocycles. The van der Waals surface area contributed by atoms with E-state index < -0.39 is 6.09 Å². The predicted octanol–water partition coefficient (Wildman–Crippen LogP) is 2.18. The first-order valence-corrected chi connectivity index (χ1v) is 5.56. The molecule has 0 aliphatic carbocycles. The summed E-state index contributed by atoms with van der Waals surface area (Å²) in [6.07, 6.45) is 1.75. The Kier molecular flexibility index (Phi) is 4.12. The van der Waals surface area contributed by atoms with E-state index in [9.17, 15) is 9.59 Å². The summed E-state index contributed by atoms with van der Waals surface area (Å²) in [5.41, 5.74) is 0. The molecule has 4 nitrogen and oxygen atoms in total. The number of cyclic esters (lactones) is 1. The second-order valence-corrected chi connectivity index (χ2v) is 4.26. The normalized spacial score (nSPS) is 20.9. The maximum Gasteiger partial charge on any atom is 0.416 e. The zero-order valence-corrected chi connectivity index (χ0v) is 9.66. The summed E-state index contributed by atoms with van der Waals surface area (Å²) in [6, 6.07) is -0.0816. The van der Waals surface area contributed by atoms with E-state index in [1.807, 2.05) is 20.8 Å². The van der Waals surface area contributed by atoms with Gasteiger partial charge in [-0.05, 0) is 12.3 Å². The van der Waals surface area contributed by atoms with Crippen LogP contribution < -0.4 is 0 Å². The Morgan fingerprint density at radius 2 is 2.27 bits per heavy atom. The van der Waals surface area contributed by atoms with Crippen LogP contribution in [0.5, 0.6) is 0 Å². The molecule has 0 spiro atoms. The summed E-state index contributed by atoms with van der Waals surface area (Å²) in [5.74, 6) is 0.153. The van der Waals surface area contributed by atoms with E-state index in [-0.39, 0.29) is 17.9 Å². The van der Waals surface area contributed by atoms with Crippen molar-refractivity contribution >= 4 is 12.0 Å². The molecule has 0 unspecified atom stereocenters. The zero-order chi connectivity index (χ0) is 11.4. The van der Waals surface area contributed by atoms with Gasteiger partial charge < -0.3 is 4.74 Å². The molecule has 2 amide bonds. The summed E-state index contributed by atoms with van der Waals surface area (Å²) in [7, 11) is 0. The molecule has 0 radical (unpaired) electrons. The van der Waals surface area contributed by atoms with Crippen molar-refractivity contribution in [1.29, 1.82) is 0 Å². The van der Waals surface area contributed by atoms with Crippen LogP contribution in [0, 0.1) is 5.92 Å². The van der Waals surface area contributed by atoms with Gasteiger partial charge in [-0.2, -0.15) is 0 Å². The molecule has 1 saturated heterocycles. The van der Waals surface area contributed by atoms with Crippen molar-refractivity contribution < 1.29 is 14.3 Å². The second kappa shape index (κ2) is 5.14. The highest BCUT2D eigenvalue weighted by molar-refractivity contribution is 5.93. The number of carbonyl (C=O) groups excluding carboxylic acids is 2. The Hall–Kier alpha value is -1.06. The summed E-state index contributed by atoms with van der Waals surface area (Å²) < 4.78 is 4.91. The first-order chi connectivity index (χ1) is 7.07. The lowest BCUT2D eigenvalue weighted by Crippen LogP contribution is -2.41. The fourth-order valence-corrected chi connectivity index (χ4v) is 1.66. The maximum absolute atomic E-state index is 11.8. The van der Waals surface area contributed by atoms with Gasteiger partial charge in [0, 0.05) is 6.42 Å². The van der Waals surface area contributed by atoms with Gasteiger partial charge in [0.05, 0.1) is 6.04 Å². The molecule has 1 aliphatic rings. The number of imide groups is 1. The predicted molar refractivity (Wildman–Crippen MR) is 56.3 cm³/mol. The highest BCUT2D eigenvalue weighted by Crippen LogP contribution is 2.20. The Bertz CT molecular complexity index is 250. The third-order valence-electron chi connectivity index (χ3n) is 2.69. The van der Waals surface area contributed by atoms with Gasteiger partial charge in [-0.3, -0.25) is 4.79 Å². The number of rotatable bonds is 4. The fraction of sp³-hybridized carbons (Fsp3) is 0.818. The molecule has 0 saturated carbocycles. The number of carbonyl (C=O) groups is 2. The van der Waals surface area contributed by atoms with Crippen molar-refractivity contribution in [3.8, 4) is 0 Å². The largest absolute Gasteiger partial charge is 0.447 e. The lowest BCUT2D eigenvalue weighted by atomic mass is 10.0. The summed E-state index contributed by atoms with van der Waals surface area (Å²) in [4.78, 5) is 24.4. The Labute approximate surface area is 90.6 Å². The molecule has 1 fully saturated rings. The maximum atomic E-state index is 11.8. The van der Waals surface area contributed by atoms with E-state index >= 15 is 0 Å². The van der Waals surface area contributed by atoms with Crippen molar-refractivity contribution in [3.05, 3.63) is 0 Å². The van der Waals surface area contributed by atoms with Crippen molar-refractivity contribution in [2.45, 2.75) is 46.1 Å². The number of unbranched alkanes of at least 4 members (excludes halogenated alkanes) is 1. The SMILES string of the molecule is CCCCC(=O)N1C(=O)OC[C@H]1C(C)C. The van der Waals surface area contributed by atoms with Gasteiger partial charge in [0.25, 0.3) is 0 Å². The van der Waals surface area contributed by atoms with Crippen LogP contribution in [-0.2, 0) is 9.53 Å². The monoisotopic (exact) mass is 213 g/mol. The Morgan fingerprint density at radius 3 is 2.80 bits per heavy atom. The standard InChI is InChI=1S/C11H19NO3/c1-4-5-6-10(13)12-9(8(2)3)7-15-11(12)14/h8-9H,4-7H2,1-3H3/t9-/m0/s1. The lowest BCUT2D eigenvalue weighted by Gasteiger charge is -2.22. The fourth-order valence-electron chi connectivity index (χ4n) is 1.66. The van der Waals surface area contributed by atoms with E-state index in [1.54, 1.807) is 0 Å². The van der Waals surface area contributed by atoms with E-state index in [0.29, 0.717) is 13.0 Å². The minimum atomic E-state index is -0.477. The molecule has 15 heavy (non-hydrogen) atoms. The van der Waals surface area contributed by atoms with Crippen molar-refractivity contribution in [1.82, 2.24) is 4.90 Å². The van der Waals surface area contributed by atoms with Crippen LogP contribution in [0.15, 0.2) is 0 Å². The average molecular weight is 213 g/mol. The van der Waals surface area contributed by atoms with Crippen molar-refractivity contribution in [2.75, 3.05) is 6.61 Å². The van der Waals surface area contributed by atoms with Crippen LogP contribution in [-0.4, -0.2) is 29.5 Å². The molecule has 1 aliphatic heterocycles. The third kappa shape index (κ3) is 2.70. The molecule has 1 heterocycles. The van der Waals surface area contributed by atoms with Crippen LogP contribution in [0.2, 0.25) is 0 Å².